The number of carbonyl (C=O) groups excluding carboxylic acids is 1. The summed E-state index contributed by atoms with van der Waals surface area (Å²) in [4.78, 5) is 23.3. The van der Waals surface area contributed by atoms with E-state index in [4.69, 9.17) is 0 Å². The third-order valence-corrected chi connectivity index (χ3v) is 4.92. The number of urea groups is 1. The lowest BCUT2D eigenvalue weighted by Gasteiger charge is -2.40. The first-order valence-corrected chi connectivity index (χ1v) is 8.22. The van der Waals surface area contributed by atoms with E-state index in [1.165, 1.54) is 26.2 Å². The summed E-state index contributed by atoms with van der Waals surface area (Å²) in [5.74, 6) is 0. The Kier molecular flexibility index (Phi) is 4.71. The van der Waals surface area contributed by atoms with Crippen molar-refractivity contribution >= 4 is 27.4 Å². The second-order valence-corrected chi connectivity index (χ2v) is 6.83. The van der Waals surface area contributed by atoms with Crippen LogP contribution in [0.5, 0.6) is 0 Å². The van der Waals surface area contributed by atoms with Crippen LogP contribution in [0.1, 0.15) is 0 Å². The molecular weight excluding hydrogens is 326 g/mol. The number of nitro benzene ring substituents is 1. The minimum Gasteiger partial charge on any atom is -0.362 e. The summed E-state index contributed by atoms with van der Waals surface area (Å²) in [6.07, 6.45) is 0. The number of anilines is 1. The Morgan fingerprint density at radius 3 is 2.52 bits per heavy atom. The molecular formula is C12H17N5O5S. The monoisotopic (exact) mass is 343 g/mol. The number of benzene rings is 1. The molecule has 126 valence electrons. The Bertz CT molecular complexity index is 729. The molecule has 2 rings (SSSR count). The van der Waals surface area contributed by atoms with E-state index in [0.717, 1.165) is 6.07 Å². The van der Waals surface area contributed by atoms with E-state index in [1.54, 1.807) is 4.90 Å². The molecule has 1 fully saturated rings. The molecule has 0 bridgehead atoms. The largest absolute Gasteiger partial charge is 0.362 e. The van der Waals surface area contributed by atoms with Crippen molar-refractivity contribution in [2.24, 2.45) is 0 Å². The first-order chi connectivity index (χ1) is 10.8. The topological polar surface area (TPSA) is 134 Å². The fraction of sp³-hybridized carbons (Fsp3) is 0.417. The standard InChI is InChI=1S/C12H17N5O5S/c1-13-12(18)15-8-6-16(7-8)10-4-3-9(23(21,22)14-2)5-11(10)17(19)20/h3-5,8,14H,6-7H2,1-2H3,(H2,13,15,18). The first-order valence-electron chi connectivity index (χ1n) is 6.73. The third-order valence-electron chi connectivity index (χ3n) is 3.51. The molecule has 1 aromatic carbocycles. The van der Waals surface area contributed by atoms with E-state index in [-0.39, 0.29) is 22.7 Å². The summed E-state index contributed by atoms with van der Waals surface area (Å²) in [5, 5.41) is 16.3. The van der Waals surface area contributed by atoms with E-state index in [2.05, 4.69) is 15.4 Å². The summed E-state index contributed by atoms with van der Waals surface area (Å²) in [7, 11) is -1.02. The molecule has 3 N–H and O–H groups in total. The van der Waals surface area contributed by atoms with Gasteiger partial charge in [0.15, 0.2) is 0 Å². The van der Waals surface area contributed by atoms with E-state index >= 15 is 0 Å². The van der Waals surface area contributed by atoms with Gasteiger partial charge in [0.25, 0.3) is 5.69 Å². The predicted octanol–water partition coefficient (Wildman–Crippen LogP) is -0.379. The van der Waals surface area contributed by atoms with Crippen LogP contribution < -0.4 is 20.3 Å². The number of carbonyl (C=O) groups is 1. The van der Waals surface area contributed by atoms with Crippen molar-refractivity contribution in [3.05, 3.63) is 28.3 Å². The van der Waals surface area contributed by atoms with Crippen LogP contribution >= 0.6 is 0 Å². The normalized spacial score (nSPS) is 15.0. The molecule has 10 nitrogen and oxygen atoms in total. The van der Waals surface area contributed by atoms with Crippen molar-refractivity contribution < 1.29 is 18.1 Å². The van der Waals surface area contributed by atoms with E-state index in [1.807, 2.05) is 0 Å². The predicted molar refractivity (Wildman–Crippen MR) is 82.9 cm³/mol. The molecule has 0 radical (unpaired) electrons. The highest BCUT2D eigenvalue weighted by molar-refractivity contribution is 7.89. The summed E-state index contributed by atoms with van der Waals surface area (Å²) >= 11 is 0. The van der Waals surface area contributed by atoms with Crippen LogP contribution in [0, 0.1) is 10.1 Å². The van der Waals surface area contributed by atoms with E-state index in [9.17, 15) is 23.3 Å². The van der Waals surface area contributed by atoms with Gasteiger partial charge in [0.05, 0.1) is 15.9 Å². The maximum absolute atomic E-state index is 11.7. The zero-order valence-electron chi connectivity index (χ0n) is 12.6. The van der Waals surface area contributed by atoms with Gasteiger partial charge in [0.2, 0.25) is 10.0 Å². The zero-order chi connectivity index (χ0) is 17.2. The number of amides is 2. The number of nitrogens with zero attached hydrogens (tertiary/aromatic N) is 2. The van der Waals surface area contributed by atoms with Gasteiger partial charge in [-0.05, 0) is 19.2 Å². The molecule has 1 aliphatic heterocycles. The molecule has 0 spiro atoms. The van der Waals surface area contributed by atoms with Crippen LogP contribution in [0.2, 0.25) is 0 Å². The van der Waals surface area contributed by atoms with Crippen molar-refractivity contribution in [2.45, 2.75) is 10.9 Å². The number of hydrogen-bond donors (Lipinski definition) is 3. The Labute approximate surface area is 133 Å². The van der Waals surface area contributed by atoms with Gasteiger partial charge in [-0.1, -0.05) is 0 Å². The fourth-order valence-corrected chi connectivity index (χ4v) is 2.98. The lowest BCUT2D eigenvalue weighted by Crippen LogP contribution is -2.60. The molecule has 1 heterocycles. The van der Waals surface area contributed by atoms with Gasteiger partial charge in [0, 0.05) is 26.2 Å². The quantitative estimate of drug-likeness (QED) is 0.493. The molecule has 0 saturated carbocycles. The van der Waals surface area contributed by atoms with Crippen molar-refractivity contribution in [1.29, 1.82) is 0 Å². The first kappa shape index (κ1) is 17.0. The van der Waals surface area contributed by atoms with Gasteiger partial charge in [-0.15, -0.1) is 0 Å². The molecule has 0 aromatic heterocycles. The molecule has 1 saturated heterocycles. The summed E-state index contributed by atoms with van der Waals surface area (Å²) in [5.41, 5.74) is 0.0275. The highest BCUT2D eigenvalue weighted by atomic mass is 32.2. The average molecular weight is 343 g/mol. The smallest absolute Gasteiger partial charge is 0.314 e. The minimum absolute atomic E-state index is 0.115. The Hall–Kier alpha value is -2.40. The lowest BCUT2D eigenvalue weighted by atomic mass is 10.1. The van der Waals surface area contributed by atoms with Crippen LogP contribution in [-0.2, 0) is 10.0 Å². The molecule has 0 aliphatic carbocycles. The summed E-state index contributed by atoms with van der Waals surface area (Å²) < 4.78 is 25.6. The summed E-state index contributed by atoms with van der Waals surface area (Å²) in [6.45, 7) is 0.818. The van der Waals surface area contributed by atoms with E-state index in [0.29, 0.717) is 18.8 Å². The second kappa shape index (κ2) is 6.38. The SMILES string of the molecule is CNC(=O)NC1CN(c2ccc(S(=O)(=O)NC)cc2[N+](=O)[O-])C1. The van der Waals surface area contributed by atoms with Crippen molar-refractivity contribution in [1.82, 2.24) is 15.4 Å². The van der Waals surface area contributed by atoms with Gasteiger partial charge in [0.1, 0.15) is 5.69 Å². The number of rotatable bonds is 5. The lowest BCUT2D eigenvalue weighted by molar-refractivity contribution is -0.384. The van der Waals surface area contributed by atoms with Crippen LogP contribution in [-0.4, -0.2) is 52.6 Å². The van der Waals surface area contributed by atoms with Crippen molar-refractivity contribution in [3.8, 4) is 0 Å². The molecule has 1 aliphatic rings. The molecule has 23 heavy (non-hydrogen) atoms. The van der Waals surface area contributed by atoms with Crippen molar-refractivity contribution in [2.75, 3.05) is 32.1 Å². The van der Waals surface area contributed by atoms with Gasteiger partial charge >= 0.3 is 6.03 Å². The van der Waals surface area contributed by atoms with Gasteiger partial charge in [-0.25, -0.2) is 17.9 Å². The number of nitrogens with one attached hydrogen (secondary N) is 3. The fourth-order valence-electron chi connectivity index (χ4n) is 2.23. The van der Waals surface area contributed by atoms with Crippen LogP contribution in [0.3, 0.4) is 0 Å². The highest BCUT2D eigenvalue weighted by Gasteiger charge is 2.33. The minimum atomic E-state index is -3.75. The van der Waals surface area contributed by atoms with Crippen molar-refractivity contribution in [3.63, 3.8) is 0 Å². The molecule has 0 unspecified atom stereocenters. The maximum atomic E-state index is 11.7. The van der Waals surface area contributed by atoms with Gasteiger partial charge in [-0.3, -0.25) is 10.1 Å². The summed E-state index contributed by atoms with van der Waals surface area (Å²) in [6, 6.07) is 3.31. The average Bonchev–Trinajstić information content (AvgIpc) is 2.49. The number of hydrogen-bond acceptors (Lipinski definition) is 6. The van der Waals surface area contributed by atoms with Crippen LogP contribution in [0.15, 0.2) is 23.1 Å². The molecule has 1 aromatic rings. The second-order valence-electron chi connectivity index (χ2n) is 4.94. The zero-order valence-corrected chi connectivity index (χ0v) is 13.4. The van der Waals surface area contributed by atoms with Crippen LogP contribution in [0.4, 0.5) is 16.2 Å². The Morgan fingerprint density at radius 1 is 1.35 bits per heavy atom. The molecule has 0 atom stereocenters. The maximum Gasteiger partial charge on any atom is 0.314 e. The Balaban J connectivity index is 2.21. The third kappa shape index (κ3) is 3.51. The Morgan fingerprint density at radius 2 is 2.00 bits per heavy atom. The van der Waals surface area contributed by atoms with Gasteiger partial charge < -0.3 is 15.5 Å². The van der Waals surface area contributed by atoms with E-state index < -0.39 is 14.9 Å². The highest BCUT2D eigenvalue weighted by Crippen LogP contribution is 2.33. The van der Waals surface area contributed by atoms with Gasteiger partial charge in [-0.2, -0.15) is 0 Å². The van der Waals surface area contributed by atoms with Crippen LogP contribution in [0.25, 0.3) is 0 Å². The molecule has 2 amide bonds. The number of nitro groups is 1. The number of sulfonamides is 1. The molecule has 11 heteroatoms.